The van der Waals surface area contributed by atoms with E-state index in [-0.39, 0.29) is 0 Å². The molecule has 1 N–H and O–H groups in total. The summed E-state index contributed by atoms with van der Waals surface area (Å²) >= 11 is 8.11. The molecule has 3 rings (SSSR count). The van der Waals surface area contributed by atoms with Gasteiger partial charge < -0.3 is 5.32 Å². The van der Waals surface area contributed by atoms with Crippen molar-refractivity contribution in [2.24, 2.45) is 0 Å². The number of halogens is 1. The topological polar surface area (TPSA) is 15.3 Å². The Morgan fingerprint density at radius 1 is 1.40 bits per heavy atom. The SMILES string of the molecule is CC(CNC1CCSc2ccc(Cl)cc21)N(C)C1CC1. The molecule has 0 radical (unpaired) electrons. The van der Waals surface area contributed by atoms with Crippen LogP contribution in [0.5, 0.6) is 0 Å². The van der Waals surface area contributed by atoms with Crippen molar-refractivity contribution < 1.29 is 0 Å². The van der Waals surface area contributed by atoms with Crippen LogP contribution < -0.4 is 5.32 Å². The lowest BCUT2D eigenvalue weighted by atomic mass is 10.0. The summed E-state index contributed by atoms with van der Waals surface area (Å²) in [4.78, 5) is 3.91. The monoisotopic (exact) mass is 310 g/mol. The van der Waals surface area contributed by atoms with Gasteiger partial charge in [-0.3, -0.25) is 4.90 Å². The van der Waals surface area contributed by atoms with Crippen LogP contribution in [-0.2, 0) is 0 Å². The Balaban J connectivity index is 1.62. The molecule has 1 aromatic rings. The molecule has 1 fully saturated rings. The second kappa shape index (κ2) is 6.27. The van der Waals surface area contributed by atoms with Crippen molar-refractivity contribution in [3.05, 3.63) is 28.8 Å². The van der Waals surface area contributed by atoms with Gasteiger partial charge in [0.25, 0.3) is 0 Å². The third-order valence-corrected chi connectivity index (χ3v) is 5.85. The van der Waals surface area contributed by atoms with E-state index in [4.69, 9.17) is 11.6 Å². The predicted molar refractivity (Wildman–Crippen MR) is 87.8 cm³/mol. The van der Waals surface area contributed by atoms with Crippen LogP contribution in [0.25, 0.3) is 0 Å². The molecule has 20 heavy (non-hydrogen) atoms. The lowest BCUT2D eigenvalue weighted by Crippen LogP contribution is -2.40. The summed E-state index contributed by atoms with van der Waals surface area (Å²) in [6, 6.07) is 8.18. The molecule has 2 atom stereocenters. The molecular weight excluding hydrogens is 288 g/mol. The molecule has 1 aliphatic carbocycles. The Kier molecular flexibility index (Phi) is 4.61. The zero-order valence-electron chi connectivity index (χ0n) is 12.2. The molecule has 1 aromatic carbocycles. The van der Waals surface area contributed by atoms with E-state index in [2.05, 4.69) is 36.3 Å². The predicted octanol–water partition coefficient (Wildman–Crippen LogP) is 3.95. The van der Waals surface area contributed by atoms with Gasteiger partial charge >= 0.3 is 0 Å². The van der Waals surface area contributed by atoms with Crippen LogP contribution in [0, 0.1) is 0 Å². The van der Waals surface area contributed by atoms with E-state index in [1.165, 1.54) is 35.5 Å². The van der Waals surface area contributed by atoms with Crippen molar-refractivity contribution in [2.45, 2.75) is 49.2 Å². The number of hydrogen-bond acceptors (Lipinski definition) is 3. The van der Waals surface area contributed by atoms with Crippen molar-refractivity contribution in [1.82, 2.24) is 10.2 Å². The largest absolute Gasteiger partial charge is 0.308 e. The van der Waals surface area contributed by atoms with Gasteiger partial charge in [-0.2, -0.15) is 0 Å². The quantitative estimate of drug-likeness (QED) is 0.886. The first-order valence-corrected chi connectivity index (χ1v) is 8.89. The molecular formula is C16H23ClN2S. The Morgan fingerprint density at radius 2 is 2.20 bits per heavy atom. The Hall–Kier alpha value is -0.220. The highest BCUT2D eigenvalue weighted by molar-refractivity contribution is 7.99. The summed E-state index contributed by atoms with van der Waals surface area (Å²) in [5, 5.41) is 4.60. The van der Waals surface area contributed by atoms with Crippen LogP contribution in [-0.4, -0.2) is 36.3 Å². The zero-order valence-corrected chi connectivity index (χ0v) is 13.8. The number of thioether (sulfide) groups is 1. The van der Waals surface area contributed by atoms with E-state index in [1.54, 1.807) is 0 Å². The lowest BCUT2D eigenvalue weighted by Gasteiger charge is -2.30. The number of rotatable bonds is 5. The van der Waals surface area contributed by atoms with Gasteiger partial charge in [0.05, 0.1) is 0 Å². The van der Waals surface area contributed by atoms with Gasteiger partial charge in [0, 0.05) is 34.6 Å². The Morgan fingerprint density at radius 3 is 2.95 bits per heavy atom. The molecule has 1 aliphatic heterocycles. The van der Waals surface area contributed by atoms with Crippen molar-refractivity contribution in [3.8, 4) is 0 Å². The Labute approximate surface area is 131 Å². The molecule has 0 spiro atoms. The standard InChI is InChI=1S/C16H23ClN2S/c1-11(19(2)13-4-5-13)10-18-15-7-8-20-16-6-3-12(17)9-14(15)16/h3,6,9,11,13,15,18H,4-5,7-8,10H2,1-2H3. The minimum atomic E-state index is 0.458. The molecule has 0 saturated heterocycles. The minimum Gasteiger partial charge on any atom is -0.308 e. The van der Waals surface area contributed by atoms with Crippen LogP contribution in [0.4, 0.5) is 0 Å². The van der Waals surface area contributed by atoms with Gasteiger partial charge in [-0.25, -0.2) is 0 Å². The van der Waals surface area contributed by atoms with Crippen LogP contribution in [0.3, 0.4) is 0 Å². The first kappa shape index (κ1) is 14.7. The molecule has 2 nitrogen and oxygen atoms in total. The molecule has 0 amide bonds. The van der Waals surface area contributed by atoms with Crippen molar-refractivity contribution in [3.63, 3.8) is 0 Å². The van der Waals surface area contributed by atoms with Crippen molar-refractivity contribution >= 4 is 23.4 Å². The van der Waals surface area contributed by atoms with E-state index in [1.807, 2.05) is 17.8 Å². The fraction of sp³-hybridized carbons (Fsp3) is 0.625. The first-order chi connectivity index (χ1) is 9.65. The maximum atomic E-state index is 6.16. The van der Waals surface area contributed by atoms with Crippen molar-refractivity contribution in [2.75, 3.05) is 19.3 Å². The summed E-state index contributed by atoms with van der Waals surface area (Å²) in [7, 11) is 2.26. The third-order valence-electron chi connectivity index (χ3n) is 4.49. The summed E-state index contributed by atoms with van der Waals surface area (Å²) in [5.41, 5.74) is 1.38. The summed E-state index contributed by atoms with van der Waals surface area (Å²) in [6.45, 7) is 3.37. The molecule has 1 saturated carbocycles. The van der Waals surface area contributed by atoms with Gasteiger partial charge in [-0.05, 0) is 62.7 Å². The maximum Gasteiger partial charge on any atom is 0.0410 e. The van der Waals surface area contributed by atoms with Gasteiger partial charge in [0.1, 0.15) is 0 Å². The van der Waals surface area contributed by atoms with E-state index in [0.717, 1.165) is 17.6 Å². The second-order valence-corrected chi connectivity index (χ2v) is 7.60. The highest BCUT2D eigenvalue weighted by atomic mass is 35.5. The van der Waals surface area contributed by atoms with Gasteiger partial charge in [-0.1, -0.05) is 11.6 Å². The number of hydrogen-bond donors (Lipinski definition) is 1. The molecule has 4 heteroatoms. The fourth-order valence-corrected chi connectivity index (χ4v) is 4.16. The summed E-state index contributed by atoms with van der Waals surface area (Å²) < 4.78 is 0. The van der Waals surface area contributed by atoms with E-state index in [0.29, 0.717) is 12.1 Å². The van der Waals surface area contributed by atoms with E-state index < -0.39 is 0 Å². The van der Waals surface area contributed by atoms with Crippen LogP contribution >= 0.6 is 23.4 Å². The van der Waals surface area contributed by atoms with Crippen LogP contribution in [0.15, 0.2) is 23.1 Å². The summed E-state index contributed by atoms with van der Waals surface area (Å²) in [6.07, 6.45) is 3.94. The van der Waals surface area contributed by atoms with Crippen LogP contribution in [0.1, 0.15) is 37.8 Å². The highest BCUT2D eigenvalue weighted by Gasteiger charge is 2.29. The third kappa shape index (κ3) is 3.33. The van der Waals surface area contributed by atoms with Crippen molar-refractivity contribution in [1.29, 1.82) is 0 Å². The average molecular weight is 311 g/mol. The summed E-state index contributed by atoms with van der Waals surface area (Å²) in [5.74, 6) is 1.19. The van der Waals surface area contributed by atoms with Crippen LogP contribution in [0.2, 0.25) is 5.02 Å². The molecule has 2 unspecified atom stereocenters. The van der Waals surface area contributed by atoms with E-state index >= 15 is 0 Å². The number of nitrogens with one attached hydrogen (secondary N) is 1. The smallest absolute Gasteiger partial charge is 0.0410 e. The fourth-order valence-electron chi connectivity index (χ4n) is 2.88. The number of fused-ring (bicyclic) bond motifs is 1. The Bertz CT molecular complexity index is 476. The normalized spacial score (nSPS) is 23.7. The average Bonchev–Trinajstić information content (AvgIpc) is 3.28. The molecule has 0 aromatic heterocycles. The number of benzene rings is 1. The van der Waals surface area contributed by atoms with Gasteiger partial charge in [0.2, 0.25) is 0 Å². The zero-order chi connectivity index (χ0) is 14.1. The van der Waals surface area contributed by atoms with E-state index in [9.17, 15) is 0 Å². The molecule has 0 bridgehead atoms. The molecule has 2 aliphatic rings. The van der Waals surface area contributed by atoms with Gasteiger partial charge in [-0.15, -0.1) is 11.8 Å². The first-order valence-electron chi connectivity index (χ1n) is 7.52. The minimum absolute atomic E-state index is 0.458. The maximum absolute atomic E-state index is 6.16. The number of likely N-dealkylation sites (N-methyl/N-ethyl adjacent to an activating group) is 1. The molecule has 1 heterocycles. The van der Waals surface area contributed by atoms with Gasteiger partial charge in [0.15, 0.2) is 0 Å². The number of nitrogens with zero attached hydrogens (tertiary/aromatic N) is 1. The second-order valence-electron chi connectivity index (χ2n) is 6.03. The molecule has 110 valence electrons. The highest BCUT2D eigenvalue weighted by Crippen LogP contribution is 2.37. The lowest BCUT2D eigenvalue weighted by molar-refractivity contribution is 0.234.